The van der Waals surface area contributed by atoms with Crippen molar-refractivity contribution in [1.29, 1.82) is 0 Å². The van der Waals surface area contributed by atoms with E-state index in [9.17, 15) is 26.3 Å². The molecule has 0 atom stereocenters. The lowest BCUT2D eigenvalue weighted by Crippen LogP contribution is -2.23. The molecule has 0 radical (unpaired) electrons. The number of halogens is 6. The van der Waals surface area contributed by atoms with Crippen LogP contribution in [0.3, 0.4) is 0 Å². The molecule has 0 saturated heterocycles. The molecule has 2 aliphatic rings. The Morgan fingerprint density at radius 2 is 0.718 bits per heavy atom. The van der Waals surface area contributed by atoms with Crippen LogP contribution in [-0.4, -0.2) is 8.80 Å². The van der Waals surface area contributed by atoms with Gasteiger partial charge in [-0.3, -0.25) is 0 Å². The molecule has 386 valence electrons. The predicted octanol–water partition coefficient (Wildman–Crippen LogP) is 20.6. The van der Waals surface area contributed by atoms with E-state index in [4.69, 9.17) is 0 Å². The number of hydrogen-bond acceptors (Lipinski definition) is 0. The van der Waals surface area contributed by atoms with Crippen LogP contribution in [0.2, 0.25) is 0 Å². The monoisotopic (exact) mass is 1040 g/mol. The lowest BCUT2D eigenvalue weighted by molar-refractivity contribution is -0.138. The third-order valence-corrected chi connectivity index (χ3v) is 18.3. The molecule has 6 heterocycles. The Hall–Kier alpha value is -7.84. The zero-order valence-electron chi connectivity index (χ0n) is 45.0. The second-order valence-electron chi connectivity index (χ2n) is 25.6. The maximum atomic E-state index is 14.9. The Kier molecular flexibility index (Phi) is 8.89. The minimum absolute atomic E-state index is 0.301. The van der Waals surface area contributed by atoms with Crippen molar-refractivity contribution in [1.82, 2.24) is 8.80 Å². The standard InChI is InChI=1S/C70H54F6N2/c1-65(2,3)41-25-37-27-43(31-41)67(7,8)53-33-39(69(71,72)73)19-23-45(53)35-17-21-49-55(29-35)77-61-47(37)13-11-15-51(61)59-57-50-22-18-36-30-56(50)78-62-48(14-12-16-52(62)60(64(57)78)58(49)63(59)77)38-26-42(66(4,5)6)32-44(28-38)68(9,10)54-34-40(70(74,75)76)20-24-46(36)54/h11-34H,1-10H3. The fraction of sp³-hybridized carbons (Fsp3) is 0.229. The molecule has 15 rings (SSSR count). The molecule has 8 heteroatoms. The van der Waals surface area contributed by atoms with Crippen LogP contribution in [0.4, 0.5) is 26.3 Å². The van der Waals surface area contributed by atoms with Gasteiger partial charge in [-0.25, -0.2) is 0 Å². The Labute approximate surface area is 447 Å². The minimum atomic E-state index is -4.54. The average molecular weight is 1040 g/mol. The smallest absolute Gasteiger partial charge is 0.307 e. The van der Waals surface area contributed by atoms with Crippen molar-refractivity contribution in [3.05, 3.63) is 190 Å². The van der Waals surface area contributed by atoms with Gasteiger partial charge in [-0.05, 0) is 114 Å². The van der Waals surface area contributed by atoms with Crippen LogP contribution in [0.15, 0.2) is 146 Å². The first-order valence-electron chi connectivity index (χ1n) is 26.9. The summed E-state index contributed by atoms with van der Waals surface area (Å²) in [6.45, 7) is 21.3. The van der Waals surface area contributed by atoms with Gasteiger partial charge in [0.15, 0.2) is 0 Å². The second kappa shape index (κ2) is 14.6. The topological polar surface area (TPSA) is 8.82 Å². The Balaban J connectivity index is 1.18. The van der Waals surface area contributed by atoms with Crippen molar-refractivity contribution in [2.24, 2.45) is 0 Å². The number of alkyl halides is 6. The SMILES string of the molecule is CC(C)(C)c1cc2cc(c1)C(C)(C)c1cc(C(F)(F)F)ccc1-c1ccc3c4c5c6cccc7c6n6c8cc(ccc8c(c8c9cccc-2c9n(c3c1)c48)c56)-c1ccc(C(F)(F)F)cc1C(C)(C)c1cc-7cc(C(C)(C)C)c1. The average Bonchev–Trinajstić information content (AvgIpc) is 4.19. The largest absolute Gasteiger partial charge is 0.416 e. The summed E-state index contributed by atoms with van der Waals surface area (Å²) in [7, 11) is 0. The third kappa shape index (κ3) is 6.12. The summed E-state index contributed by atoms with van der Waals surface area (Å²) in [6, 6.07) is 47.9. The quantitative estimate of drug-likeness (QED) is 0.134. The number of rotatable bonds is 0. The summed E-state index contributed by atoms with van der Waals surface area (Å²) in [5.41, 5.74) is 14.8. The van der Waals surface area contributed by atoms with Gasteiger partial charge in [0.05, 0.1) is 44.2 Å². The molecule has 78 heavy (non-hydrogen) atoms. The van der Waals surface area contributed by atoms with E-state index in [1.165, 1.54) is 24.3 Å². The normalized spacial score (nSPS) is 15.4. The molecule has 0 aliphatic carbocycles. The van der Waals surface area contributed by atoms with E-state index >= 15 is 0 Å². The zero-order chi connectivity index (χ0) is 54.4. The van der Waals surface area contributed by atoms with E-state index < -0.39 is 34.3 Å². The molecule has 9 aromatic carbocycles. The number of para-hydroxylation sites is 2. The Bertz CT molecular complexity index is 4520. The Morgan fingerprint density at radius 3 is 1.09 bits per heavy atom. The van der Waals surface area contributed by atoms with Crippen molar-refractivity contribution >= 4 is 76.2 Å². The van der Waals surface area contributed by atoms with Gasteiger partial charge >= 0.3 is 12.4 Å². The van der Waals surface area contributed by atoms with Crippen molar-refractivity contribution in [3.63, 3.8) is 0 Å². The molecule has 4 aromatic heterocycles. The van der Waals surface area contributed by atoms with Gasteiger partial charge in [0.1, 0.15) is 0 Å². The summed E-state index contributed by atoms with van der Waals surface area (Å²) in [5, 5.41) is 8.59. The highest BCUT2D eigenvalue weighted by atomic mass is 19.4. The maximum absolute atomic E-state index is 14.9. The highest BCUT2D eigenvalue weighted by Crippen LogP contribution is 2.56. The summed E-state index contributed by atoms with van der Waals surface area (Å²) in [6.07, 6.45) is -9.09. The fourth-order valence-electron chi connectivity index (χ4n) is 14.0. The summed E-state index contributed by atoms with van der Waals surface area (Å²) < 4.78 is 94.0. The van der Waals surface area contributed by atoms with Crippen LogP contribution in [0.25, 0.3) is 121 Å². The highest BCUT2D eigenvalue weighted by molar-refractivity contribution is 6.46. The van der Waals surface area contributed by atoms with Crippen molar-refractivity contribution < 1.29 is 26.3 Å². The molecule has 13 aromatic rings. The number of hydrogen-bond donors (Lipinski definition) is 0. The Morgan fingerprint density at radius 1 is 0.333 bits per heavy atom. The molecule has 0 fully saturated rings. The van der Waals surface area contributed by atoms with Gasteiger partial charge in [0, 0.05) is 65.0 Å². The molecule has 8 bridgehead atoms. The van der Waals surface area contributed by atoms with E-state index in [0.717, 1.165) is 143 Å². The van der Waals surface area contributed by atoms with Crippen LogP contribution >= 0.6 is 0 Å². The summed E-state index contributed by atoms with van der Waals surface area (Å²) in [4.78, 5) is 0. The molecule has 0 unspecified atom stereocenters. The zero-order valence-corrected chi connectivity index (χ0v) is 45.0. The van der Waals surface area contributed by atoms with E-state index in [0.29, 0.717) is 11.1 Å². The van der Waals surface area contributed by atoms with Crippen LogP contribution in [0.1, 0.15) is 114 Å². The van der Waals surface area contributed by atoms with E-state index in [1.54, 1.807) is 12.1 Å². The van der Waals surface area contributed by atoms with Crippen LogP contribution in [0.5, 0.6) is 0 Å². The van der Waals surface area contributed by atoms with E-state index in [1.807, 2.05) is 27.7 Å². The minimum Gasteiger partial charge on any atom is -0.307 e. The first-order chi connectivity index (χ1) is 36.7. The van der Waals surface area contributed by atoms with E-state index in [2.05, 4.69) is 160 Å². The maximum Gasteiger partial charge on any atom is 0.416 e. The molecule has 2 aliphatic heterocycles. The van der Waals surface area contributed by atoms with Crippen molar-refractivity contribution in [2.75, 3.05) is 0 Å². The van der Waals surface area contributed by atoms with Crippen LogP contribution in [0, 0.1) is 0 Å². The molecule has 0 saturated carbocycles. The third-order valence-electron chi connectivity index (χ3n) is 18.3. The molecule has 0 spiro atoms. The number of benzene rings is 9. The molecule has 2 nitrogen and oxygen atoms in total. The molecule has 0 amide bonds. The molecule has 0 N–H and O–H groups in total. The van der Waals surface area contributed by atoms with Gasteiger partial charge in [-0.2, -0.15) is 26.3 Å². The number of aromatic nitrogens is 2. The van der Waals surface area contributed by atoms with Gasteiger partial charge < -0.3 is 8.80 Å². The molecular formula is C70H54F6N2. The van der Waals surface area contributed by atoms with Crippen molar-refractivity contribution in [3.8, 4) is 44.5 Å². The molecular weight excluding hydrogens is 983 g/mol. The van der Waals surface area contributed by atoms with E-state index in [-0.39, 0.29) is 10.8 Å². The van der Waals surface area contributed by atoms with Gasteiger partial charge in [0.2, 0.25) is 0 Å². The van der Waals surface area contributed by atoms with Crippen LogP contribution < -0.4 is 0 Å². The highest BCUT2D eigenvalue weighted by Gasteiger charge is 2.39. The second-order valence-corrected chi connectivity index (χ2v) is 25.6. The number of fused-ring (bicyclic) bond motifs is 18. The number of nitrogens with zero attached hydrogens (tertiary/aromatic N) is 2. The fourth-order valence-corrected chi connectivity index (χ4v) is 14.0. The summed E-state index contributed by atoms with van der Waals surface area (Å²) in [5.74, 6) is 0. The predicted molar refractivity (Wildman–Crippen MR) is 309 cm³/mol. The van der Waals surface area contributed by atoms with Gasteiger partial charge in [-0.1, -0.05) is 178 Å². The van der Waals surface area contributed by atoms with Crippen LogP contribution in [-0.2, 0) is 34.0 Å². The van der Waals surface area contributed by atoms with Crippen molar-refractivity contribution in [2.45, 2.75) is 103 Å². The summed E-state index contributed by atoms with van der Waals surface area (Å²) >= 11 is 0. The lowest BCUT2D eigenvalue weighted by atomic mass is 9.72. The first kappa shape index (κ1) is 47.4. The van der Waals surface area contributed by atoms with Gasteiger partial charge in [0.25, 0.3) is 0 Å². The lowest BCUT2D eigenvalue weighted by Gasteiger charge is -2.32. The first-order valence-corrected chi connectivity index (χ1v) is 26.9. The van der Waals surface area contributed by atoms with Gasteiger partial charge in [-0.15, -0.1) is 0 Å².